The Kier molecular flexibility index (Phi) is 6.09. The number of aromatic nitrogens is 1. The second kappa shape index (κ2) is 8.29. The number of hydrogen-bond acceptors (Lipinski definition) is 4. The minimum absolute atomic E-state index is 0.140. The van der Waals surface area contributed by atoms with Crippen molar-refractivity contribution in [1.29, 1.82) is 0 Å². The number of carbonyl (C=O) groups is 2. The molecule has 0 saturated heterocycles. The Morgan fingerprint density at radius 3 is 2.73 bits per heavy atom. The Balaban J connectivity index is 1.86. The van der Waals surface area contributed by atoms with Crippen LogP contribution in [-0.4, -0.2) is 23.3 Å². The zero-order chi connectivity index (χ0) is 15.8. The van der Waals surface area contributed by atoms with Crippen molar-refractivity contribution in [2.24, 2.45) is 0 Å². The second-order valence-corrected chi connectivity index (χ2v) is 5.72. The molecule has 2 amide bonds. The molecule has 22 heavy (non-hydrogen) atoms. The van der Waals surface area contributed by atoms with Crippen molar-refractivity contribution >= 4 is 28.3 Å². The molecule has 1 aromatic carbocycles. The van der Waals surface area contributed by atoms with E-state index in [9.17, 15) is 9.59 Å². The van der Waals surface area contributed by atoms with Gasteiger partial charge in [0.2, 0.25) is 5.91 Å². The summed E-state index contributed by atoms with van der Waals surface area (Å²) < 4.78 is 0. The highest BCUT2D eigenvalue weighted by atomic mass is 32.1. The van der Waals surface area contributed by atoms with Crippen LogP contribution in [0.3, 0.4) is 0 Å². The number of thiazole rings is 1. The van der Waals surface area contributed by atoms with Crippen LogP contribution in [0.5, 0.6) is 0 Å². The van der Waals surface area contributed by atoms with Crippen LogP contribution in [0.4, 0.5) is 5.13 Å². The van der Waals surface area contributed by atoms with E-state index in [-0.39, 0.29) is 11.8 Å². The van der Waals surface area contributed by atoms with Crippen LogP contribution in [0.2, 0.25) is 0 Å². The zero-order valence-electron chi connectivity index (χ0n) is 12.5. The molecule has 0 aliphatic heterocycles. The van der Waals surface area contributed by atoms with Crippen LogP contribution in [0.25, 0.3) is 0 Å². The van der Waals surface area contributed by atoms with Gasteiger partial charge in [-0.15, -0.1) is 11.3 Å². The lowest BCUT2D eigenvalue weighted by atomic mass is 10.1. The maximum Gasteiger partial charge on any atom is 0.270 e. The summed E-state index contributed by atoms with van der Waals surface area (Å²) in [7, 11) is 0. The van der Waals surface area contributed by atoms with E-state index in [1.807, 2.05) is 30.3 Å². The Bertz CT molecular complexity index is 625. The molecule has 0 aliphatic rings. The van der Waals surface area contributed by atoms with Crippen molar-refractivity contribution in [2.45, 2.75) is 26.2 Å². The van der Waals surface area contributed by atoms with Gasteiger partial charge in [0.05, 0.1) is 6.42 Å². The SMILES string of the molecule is CCCCNC(=O)c1csc(NC(=O)Cc2ccccc2)n1. The first-order valence-electron chi connectivity index (χ1n) is 7.26. The van der Waals surface area contributed by atoms with Gasteiger partial charge in [-0.05, 0) is 12.0 Å². The first-order valence-corrected chi connectivity index (χ1v) is 8.14. The number of hydrogen-bond donors (Lipinski definition) is 2. The molecule has 2 aromatic rings. The summed E-state index contributed by atoms with van der Waals surface area (Å²) in [6.07, 6.45) is 2.26. The maximum absolute atomic E-state index is 11.9. The highest BCUT2D eigenvalue weighted by Gasteiger charge is 2.12. The molecule has 2 rings (SSSR count). The summed E-state index contributed by atoms with van der Waals surface area (Å²) in [4.78, 5) is 27.9. The molecule has 2 N–H and O–H groups in total. The fraction of sp³-hybridized carbons (Fsp3) is 0.312. The molecule has 0 aliphatic carbocycles. The van der Waals surface area contributed by atoms with Crippen LogP contribution in [0, 0.1) is 0 Å². The van der Waals surface area contributed by atoms with E-state index in [1.165, 1.54) is 11.3 Å². The number of nitrogens with one attached hydrogen (secondary N) is 2. The van der Waals surface area contributed by atoms with Gasteiger partial charge in [0.1, 0.15) is 5.69 Å². The van der Waals surface area contributed by atoms with Crippen molar-refractivity contribution in [1.82, 2.24) is 10.3 Å². The van der Waals surface area contributed by atoms with E-state index in [1.54, 1.807) is 5.38 Å². The third kappa shape index (κ3) is 4.96. The summed E-state index contributed by atoms with van der Waals surface area (Å²) in [5.41, 5.74) is 1.28. The molecule has 0 radical (unpaired) electrons. The minimum Gasteiger partial charge on any atom is -0.351 e. The van der Waals surface area contributed by atoms with Crippen molar-refractivity contribution < 1.29 is 9.59 Å². The number of rotatable bonds is 7. The largest absolute Gasteiger partial charge is 0.351 e. The Morgan fingerprint density at radius 1 is 1.23 bits per heavy atom. The lowest BCUT2D eigenvalue weighted by Crippen LogP contribution is -2.24. The normalized spacial score (nSPS) is 10.2. The molecule has 116 valence electrons. The standard InChI is InChI=1S/C16H19N3O2S/c1-2-3-9-17-15(21)13-11-22-16(18-13)19-14(20)10-12-7-5-4-6-8-12/h4-8,11H,2-3,9-10H2,1H3,(H,17,21)(H,18,19,20). The molecular formula is C16H19N3O2S. The van der Waals surface area contributed by atoms with Crippen LogP contribution in [-0.2, 0) is 11.2 Å². The monoisotopic (exact) mass is 317 g/mol. The number of benzene rings is 1. The van der Waals surface area contributed by atoms with Gasteiger partial charge in [0, 0.05) is 11.9 Å². The molecule has 1 heterocycles. The maximum atomic E-state index is 11.9. The van der Waals surface area contributed by atoms with Gasteiger partial charge >= 0.3 is 0 Å². The summed E-state index contributed by atoms with van der Waals surface area (Å²) >= 11 is 1.25. The zero-order valence-corrected chi connectivity index (χ0v) is 13.3. The molecular weight excluding hydrogens is 298 g/mol. The fourth-order valence-corrected chi connectivity index (χ4v) is 2.56. The predicted octanol–water partition coefficient (Wildman–Crippen LogP) is 2.85. The smallest absolute Gasteiger partial charge is 0.270 e. The second-order valence-electron chi connectivity index (χ2n) is 4.86. The molecule has 0 saturated carbocycles. The number of nitrogens with zero attached hydrogens (tertiary/aromatic N) is 1. The number of anilines is 1. The molecule has 5 nitrogen and oxygen atoms in total. The lowest BCUT2D eigenvalue weighted by molar-refractivity contribution is -0.115. The molecule has 0 bridgehead atoms. The van der Waals surface area contributed by atoms with Gasteiger partial charge in [0.25, 0.3) is 5.91 Å². The Labute approximate surface area is 133 Å². The van der Waals surface area contributed by atoms with Crippen molar-refractivity contribution in [3.05, 3.63) is 47.0 Å². The third-order valence-electron chi connectivity index (χ3n) is 3.01. The summed E-state index contributed by atoms with van der Waals surface area (Å²) in [5, 5.41) is 7.62. The summed E-state index contributed by atoms with van der Waals surface area (Å²) in [6, 6.07) is 9.49. The minimum atomic E-state index is -0.201. The first kappa shape index (κ1) is 16.2. The summed E-state index contributed by atoms with van der Waals surface area (Å²) in [5.74, 6) is -0.341. The Hall–Kier alpha value is -2.21. The highest BCUT2D eigenvalue weighted by molar-refractivity contribution is 7.14. The van der Waals surface area contributed by atoms with E-state index < -0.39 is 0 Å². The average Bonchev–Trinajstić information content (AvgIpc) is 2.97. The van der Waals surface area contributed by atoms with Gasteiger partial charge in [-0.3, -0.25) is 9.59 Å². The van der Waals surface area contributed by atoms with Crippen LogP contribution < -0.4 is 10.6 Å². The number of amides is 2. The fourth-order valence-electron chi connectivity index (χ4n) is 1.85. The van der Waals surface area contributed by atoms with Gasteiger partial charge in [-0.1, -0.05) is 43.7 Å². The Morgan fingerprint density at radius 2 is 2.00 bits per heavy atom. The number of unbranched alkanes of at least 4 members (excludes halogenated alkanes) is 1. The molecule has 0 spiro atoms. The van der Waals surface area contributed by atoms with Crippen LogP contribution in [0.1, 0.15) is 35.8 Å². The molecule has 6 heteroatoms. The molecule has 0 fully saturated rings. The van der Waals surface area contributed by atoms with E-state index >= 15 is 0 Å². The lowest BCUT2D eigenvalue weighted by Gasteiger charge is -2.02. The third-order valence-corrected chi connectivity index (χ3v) is 3.76. The van der Waals surface area contributed by atoms with Gasteiger partial charge in [0.15, 0.2) is 5.13 Å². The average molecular weight is 317 g/mol. The molecule has 0 unspecified atom stereocenters. The quantitative estimate of drug-likeness (QED) is 0.771. The molecule has 1 aromatic heterocycles. The van der Waals surface area contributed by atoms with Crippen molar-refractivity contribution in [3.8, 4) is 0 Å². The number of carbonyl (C=O) groups excluding carboxylic acids is 2. The first-order chi connectivity index (χ1) is 10.7. The summed E-state index contributed by atoms with van der Waals surface area (Å²) in [6.45, 7) is 2.71. The van der Waals surface area contributed by atoms with Gasteiger partial charge < -0.3 is 10.6 Å². The topological polar surface area (TPSA) is 71.1 Å². The van der Waals surface area contributed by atoms with Crippen molar-refractivity contribution in [2.75, 3.05) is 11.9 Å². The van der Waals surface area contributed by atoms with Crippen LogP contribution >= 0.6 is 11.3 Å². The van der Waals surface area contributed by atoms with Gasteiger partial charge in [-0.25, -0.2) is 4.98 Å². The van der Waals surface area contributed by atoms with Crippen LogP contribution in [0.15, 0.2) is 35.7 Å². The predicted molar refractivity (Wildman–Crippen MR) is 88.1 cm³/mol. The van der Waals surface area contributed by atoms with Crippen molar-refractivity contribution in [3.63, 3.8) is 0 Å². The van der Waals surface area contributed by atoms with E-state index in [0.29, 0.717) is 23.8 Å². The molecule has 0 atom stereocenters. The van der Waals surface area contributed by atoms with Gasteiger partial charge in [-0.2, -0.15) is 0 Å². The highest BCUT2D eigenvalue weighted by Crippen LogP contribution is 2.15. The van der Waals surface area contributed by atoms with E-state index in [0.717, 1.165) is 18.4 Å². The van der Waals surface area contributed by atoms with E-state index in [4.69, 9.17) is 0 Å². The van der Waals surface area contributed by atoms with E-state index in [2.05, 4.69) is 22.5 Å².